The SMILES string of the molecule is N#CCc1cc(CBr)nc(C(F)F)c1C#N. The number of aromatic nitrogens is 1. The summed E-state index contributed by atoms with van der Waals surface area (Å²) in [4.78, 5) is 3.68. The second-order valence-corrected chi connectivity index (χ2v) is 3.47. The van der Waals surface area contributed by atoms with E-state index in [0.29, 0.717) is 16.6 Å². The normalized spacial score (nSPS) is 9.88. The molecule has 0 spiro atoms. The summed E-state index contributed by atoms with van der Waals surface area (Å²) >= 11 is 3.10. The van der Waals surface area contributed by atoms with Crippen LogP contribution in [0, 0.1) is 22.7 Å². The molecule has 0 N–H and O–H groups in total. The average molecular weight is 286 g/mol. The quantitative estimate of drug-likeness (QED) is 0.803. The van der Waals surface area contributed by atoms with E-state index in [1.54, 1.807) is 6.07 Å². The van der Waals surface area contributed by atoms with Gasteiger partial charge in [0.25, 0.3) is 6.43 Å². The van der Waals surface area contributed by atoms with Gasteiger partial charge in [0.05, 0.1) is 23.7 Å². The van der Waals surface area contributed by atoms with Crippen molar-refractivity contribution < 1.29 is 8.78 Å². The smallest absolute Gasteiger partial charge is 0.250 e. The fourth-order valence-corrected chi connectivity index (χ4v) is 1.55. The molecular weight excluding hydrogens is 280 g/mol. The average Bonchev–Trinajstić information content (AvgIpc) is 2.28. The Morgan fingerprint density at radius 1 is 1.44 bits per heavy atom. The largest absolute Gasteiger partial charge is 0.281 e. The van der Waals surface area contributed by atoms with Crippen molar-refractivity contribution in [1.29, 1.82) is 10.5 Å². The molecule has 1 heterocycles. The van der Waals surface area contributed by atoms with Crippen LogP contribution in [0.4, 0.5) is 8.78 Å². The Morgan fingerprint density at radius 2 is 2.12 bits per heavy atom. The molecule has 0 amide bonds. The van der Waals surface area contributed by atoms with Crippen LogP contribution in [0.25, 0.3) is 0 Å². The van der Waals surface area contributed by atoms with E-state index in [4.69, 9.17) is 10.5 Å². The van der Waals surface area contributed by atoms with Gasteiger partial charge in [-0.2, -0.15) is 10.5 Å². The van der Waals surface area contributed by atoms with Crippen LogP contribution in [-0.4, -0.2) is 4.98 Å². The third-order valence-corrected chi connectivity index (χ3v) is 2.48. The zero-order valence-electron chi connectivity index (χ0n) is 8.04. The molecule has 0 unspecified atom stereocenters. The van der Waals surface area contributed by atoms with Gasteiger partial charge < -0.3 is 0 Å². The molecule has 0 aliphatic carbocycles. The molecule has 0 aliphatic heterocycles. The molecule has 0 atom stereocenters. The molecule has 6 heteroatoms. The third kappa shape index (κ3) is 2.53. The van der Waals surface area contributed by atoms with Crippen molar-refractivity contribution in [1.82, 2.24) is 4.98 Å². The van der Waals surface area contributed by atoms with Gasteiger partial charge in [0, 0.05) is 5.33 Å². The summed E-state index contributed by atoms with van der Waals surface area (Å²) in [5, 5.41) is 17.7. The highest BCUT2D eigenvalue weighted by atomic mass is 79.9. The van der Waals surface area contributed by atoms with E-state index in [1.807, 2.05) is 6.07 Å². The highest BCUT2D eigenvalue weighted by Crippen LogP contribution is 2.25. The second kappa shape index (κ2) is 5.53. The van der Waals surface area contributed by atoms with E-state index in [9.17, 15) is 8.78 Å². The molecule has 0 aliphatic rings. The lowest BCUT2D eigenvalue weighted by Gasteiger charge is -2.08. The lowest BCUT2D eigenvalue weighted by molar-refractivity contribution is 0.145. The topological polar surface area (TPSA) is 60.5 Å². The first-order valence-corrected chi connectivity index (χ1v) is 5.40. The highest BCUT2D eigenvalue weighted by molar-refractivity contribution is 9.08. The van der Waals surface area contributed by atoms with E-state index in [0.717, 1.165) is 0 Å². The molecule has 3 nitrogen and oxygen atoms in total. The summed E-state index contributed by atoms with van der Waals surface area (Å²) in [6.45, 7) is 0. The summed E-state index contributed by atoms with van der Waals surface area (Å²) < 4.78 is 25.3. The molecule has 0 radical (unpaired) electrons. The number of pyridine rings is 1. The predicted molar refractivity (Wildman–Crippen MR) is 55.9 cm³/mol. The Balaban J connectivity index is 3.43. The van der Waals surface area contributed by atoms with Gasteiger partial charge in [-0.25, -0.2) is 13.8 Å². The van der Waals surface area contributed by atoms with Crippen LogP contribution in [0.3, 0.4) is 0 Å². The molecule has 0 bridgehead atoms. The molecule has 0 fully saturated rings. The minimum atomic E-state index is -2.81. The maximum Gasteiger partial charge on any atom is 0.281 e. The van der Waals surface area contributed by atoms with Gasteiger partial charge in [-0.15, -0.1) is 0 Å². The Bertz CT molecular complexity index is 474. The Labute approximate surface area is 99.5 Å². The predicted octanol–water partition coefficient (Wildman–Crippen LogP) is 2.85. The van der Waals surface area contributed by atoms with Crippen molar-refractivity contribution in [2.24, 2.45) is 0 Å². The Kier molecular flexibility index (Phi) is 4.33. The fourth-order valence-electron chi connectivity index (χ4n) is 1.26. The fraction of sp³-hybridized carbons (Fsp3) is 0.300. The van der Waals surface area contributed by atoms with Gasteiger partial charge in [0.2, 0.25) is 0 Å². The van der Waals surface area contributed by atoms with Crippen LogP contribution in [0.15, 0.2) is 6.07 Å². The molecule has 0 saturated heterocycles. The Morgan fingerprint density at radius 3 is 2.56 bits per heavy atom. The molecule has 0 aromatic carbocycles. The third-order valence-electron chi connectivity index (χ3n) is 1.91. The van der Waals surface area contributed by atoms with Gasteiger partial charge >= 0.3 is 0 Å². The van der Waals surface area contributed by atoms with Crippen molar-refractivity contribution in [3.63, 3.8) is 0 Å². The summed E-state index contributed by atoms with van der Waals surface area (Å²) in [5.74, 6) is 0. The molecule has 82 valence electrons. The van der Waals surface area contributed by atoms with Crippen molar-refractivity contribution in [3.8, 4) is 12.1 Å². The first kappa shape index (κ1) is 12.5. The van der Waals surface area contributed by atoms with Gasteiger partial charge in [-0.05, 0) is 11.6 Å². The van der Waals surface area contributed by atoms with Crippen molar-refractivity contribution >= 4 is 15.9 Å². The molecule has 0 saturated carbocycles. The van der Waals surface area contributed by atoms with E-state index in [2.05, 4.69) is 20.9 Å². The number of alkyl halides is 3. The molecular formula is C10H6BrF2N3. The van der Waals surface area contributed by atoms with Gasteiger partial charge in [-0.1, -0.05) is 15.9 Å². The maximum absolute atomic E-state index is 12.6. The van der Waals surface area contributed by atoms with E-state index < -0.39 is 12.1 Å². The number of rotatable bonds is 3. The highest BCUT2D eigenvalue weighted by Gasteiger charge is 2.19. The van der Waals surface area contributed by atoms with Crippen LogP contribution in [0.5, 0.6) is 0 Å². The van der Waals surface area contributed by atoms with E-state index in [-0.39, 0.29) is 12.0 Å². The van der Waals surface area contributed by atoms with E-state index in [1.165, 1.54) is 6.07 Å². The molecule has 1 aromatic rings. The summed E-state index contributed by atoms with van der Waals surface area (Å²) in [7, 11) is 0. The zero-order chi connectivity index (χ0) is 12.1. The van der Waals surface area contributed by atoms with E-state index >= 15 is 0 Å². The van der Waals surface area contributed by atoms with Gasteiger partial charge in [0.1, 0.15) is 11.8 Å². The van der Waals surface area contributed by atoms with Crippen molar-refractivity contribution in [3.05, 3.63) is 28.6 Å². The first-order chi connectivity index (χ1) is 7.63. The van der Waals surface area contributed by atoms with Crippen LogP contribution >= 0.6 is 15.9 Å². The lowest BCUT2D eigenvalue weighted by atomic mass is 10.0. The van der Waals surface area contributed by atoms with Gasteiger partial charge in [-0.3, -0.25) is 0 Å². The lowest BCUT2D eigenvalue weighted by Crippen LogP contribution is -2.03. The van der Waals surface area contributed by atoms with Crippen LogP contribution < -0.4 is 0 Å². The number of hydrogen-bond acceptors (Lipinski definition) is 3. The van der Waals surface area contributed by atoms with Crippen LogP contribution in [-0.2, 0) is 11.8 Å². The zero-order valence-corrected chi connectivity index (χ0v) is 9.63. The molecule has 16 heavy (non-hydrogen) atoms. The number of nitriles is 2. The maximum atomic E-state index is 12.6. The summed E-state index contributed by atoms with van der Waals surface area (Å²) in [6.07, 6.45) is -2.89. The van der Waals surface area contributed by atoms with Gasteiger partial charge in [0.15, 0.2) is 0 Å². The Hall–Kier alpha value is -1.53. The minimum Gasteiger partial charge on any atom is -0.250 e. The molecule has 1 aromatic heterocycles. The second-order valence-electron chi connectivity index (χ2n) is 2.91. The monoisotopic (exact) mass is 285 g/mol. The van der Waals surface area contributed by atoms with Crippen LogP contribution in [0.1, 0.15) is 28.9 Å². The van der Waals surface area contributed by atoms with Crippen molar-refractivity contribution in [2.45, 2.75) is 18.2 Å². The molecule has 1 rings (SSSR count). The minimum absolute atomic E-state index is 0.0782. The number of nitrogens with zero attached hydrogens (tertiary/aromatic N) is 3. The summed E-state index contributed by atoms with van der Waals surface area (Å²) in [6, 6.07) is 5.00. The summed E-state index contributed by atoms with van der Waals surface area (Å²) in [5.41, 5.74) is -0.0600. The van der Waals surface area contributed by atoms with Crippen LogP contribution in [0.2, 0.25) is 0 Å². The number of hydrogen-bond donors (Lipinski definition) is 0. The van der Waals surface area contributed by atoms with Crippen molar-refractivity contribution in [2.75, 3.05) is 0 Å². The standard InChI is InChI=1S/C10H6BrF2N3/c11-4-7-3-6(1-2-14)8(5-15)9(16-7)10(12)13/h3,10H,1,4H2. The number of halogens is 3. The first-order valence-electron chi connectivity index (χ1n) is 4.27.